The number of hydrogen-bond donors (Lipinski definition) is 1. The van der Waals surface area contributed by atoms with Crippen LogP contribution in [0.5, 0.6) is 0 Å². The molecule has 2 rings (SSSR count). The summed E-state index contributed by atoms with van der Waals surface area (Å²) in [5, 5.41) is 13.3. The summed E-state index contributed by atoms with van der Waals surface area (Å²) < 4.78 is 1.20. The van der Waals surface area contributed by atoms with Crippen LogP contribution < -0.4 is 5.56 Å². The van der Waals surface area contributed by atoms with Crippen LogP contribution >= 0.6 is 0 Å². The van der Waals surface area contributed by atoms with E-state index in [9.17, 15) is 14.7 Å². The number of aliphatic hydroxyl groups excluding tert-OH is 1. The van der Waals surface area contributed by atoms with E-state index < -0.39 is 0 Å². The molecule has 0 spiro atoms. The van der Waals surface area contributed by atoms with Crippen molar-refractivity contribution in [3.05, 3.63) is 28.2 Å². The number of rotatable bonds is 3. The second-order valence-corrected chi connectivity index (χ2v) is 5.49. The smallest absolute Gasteiger partial charge is 0.267 e. The molecule has 1 aromatic rings. The van der Waals surface area contributed by atoms with Crippen LogP contribution in [0.2, 0.25) is 0 Å². The van der Waals surface area contributed by atoms with Crippen molar-refractivity contribution in [3.63, 3.8) is 0 Å². The van der Waals surface area contributed by atoms with Gasteiger partial charge in [0.2, 0.25) is 5.91 Å². The maximum Gasteiger partial charge on any atom is 0.267 e. The first-order chi connectivity index (χ1) is 9.51. The Morgan fingerprint density at radius 2 is 2.20 bits per heavy atom. The molecule has 0 saturated carbocycles. The summed E-state index contributed by atoms with van der Waals surface area (Å²) in [6.07, 6.45) is 1.82. The molecule has 6 nitrogen and oxygen atoms in total. The first-order valence-electron chi connectivity index (χ1n) is 6.96. The highest BCUT2D eigenvalue weighted by Crippen LogP contribution is 2.21. The van der Waals surface area contributed by atoms with Crippen molar-refractivity contribution in [1.29, 1.82) is 0 Å². The van der Waals surface area contributed by atoms with Gasteiger partial charge >= 0.3 is 0 Å². The van der Waals surface area contributed by atoms with Gasteiger partial charge in [-0.05, 0) is 38.7 Å². The molecule has 0 aliphatic carbocycles. The maximum atomic E-state index is 12.3. The number of carbonyl (C=O) groups excluding carboxylic acids is 1. The Morgan fingerprint density at radius 3 is 2.90 bits per heavy atom. The van der Waals surface area contributed by atoms with Crippen molar-refractivity contribution in [3.8, 4) is 0 Å². The summed E-state index contributed by atoms with van der Waals surface area (Å²) in [5.41, 5.74) is 0.435. The van der Waals surface area contributed by atoms with Crippen LogP contribution in [0, 0.1) is 12.8 Å². The molecule has 1 aliphatic rings. The number of carbonyl (C=O) groups is 1. The van der Waals surface area contributed by atoms with Gasteiger partial charge in [0.15, 0.2) is 0 Å². The van der Waals surface area contributed by atoms with E-state index in [0.29, 0.717) is 12.2 Å². The van der Waals surface area contributed by atoms with Crippen LogP contribution in [0.4, 0.5) is 0 Å². The molecule has 1 N–H and O–H groups in total. The summed E-state index contributed by atoms with van der Waals surface area (Å²) in [4.78, 5) is 25.8. The third-order valence-corrected chi connectivity index (χ3v) is 3.84. The second kappa shape index (κ2) is 6.17. The lowest BCUT2D eigenvalue weighted by atomic mass is 9.94. The van der Waals surface area contributed by atoms with Crippen molar-refractivity contribution >= 4 is 5.91 Å². The van der Waals surface area contributed by atoms with Gasteiger partial charge in [-0.1, -0.05) is 0 Å². The Balaban J connectivity index is 2.10. The zero-order valence-corrected chi connectivity index (χ0v) is 12.0. The fourth-order valence-electron chi connectivity index (χ4n) is 2.56. The molecule has 2 unspecified atom stereocenters. The van der Waals surface area contributed by atoms with Crippen LogP contribution in [0.1, 0.15) is 25.5 Å². The summed E-state index contributed by atoms with van der Waals surface area (Å²) in [7, 11) is 0. The molecule has 1 aromatic heterocycles. The van der Waals surface area contributed by atoms with Crippen molar-refractivity contribution in [2.45, 2.75) is 39.3 Å². The third kappa shape index (κ3) is 3.25. The topological polar surface area (TPSA) is 75.4 Å². The van der Waals surface area contributed by atoms with Crippen LogP contribution in [0.3, 0.4) is 0 Å². The van der Waals surface area contributed by atoms with Gasteiger partial charge < -0.3 is 10.0 Å². The minimum absolute atomic E-state index is 0.0387. The summed E-state index contributed by atoms with van der Waals surface area (Å²) >= 11 is 0. The normalized spacial score (nSPS) is 22.9. The lowest BCUT2D eigenvalue weighted by Crippen LogP contribution is -2.48. The average Bonchev–Trinajstić information content (AvgIpc) is 2.43. The lowest BCUT2D eigenvalue weighted by Gasteiger charge is -2.37. The number of hydrogen-bond acceptors (Lipinski definition) is 4. The molecule has 2 atom stereocenters. The lowest BCUT2D eigenvalue weighted by molar-refractivity contribution is -0.136. The molecule has 1 fully saturated rings. The molecular formula is C14H21N3O3. The molecule has 6 heteroatoms. The van der Waals surface area contributed by atoms with E-state index in [1.165, 1.54) is 10.7 Å². The standard InChI is InChI=1S/C14H21N3O3/c1-10-3-6-13(19)17(15-10)8-14(20)16-7-12(9-18)5-4-11(16)2/h3,6,11-12,18H,4-5,7-9H2,1-2H3. The minimum Gasteiger partial charge on any atom is -0.396 e. The van der Waals surface area contributed by atoms with E-state index in [1.807, 2.05) is 6.92 Å². The number of aryl methyl sites for hydroxylation is 1. The SMILES string of the molecule is Cc1ccc(=O)n(CC(=O)N2CC(CO)CCC2C)n1. The molecule has 1 saturated heterocycles. The van der Waals surface area contributed by atoms with Gasteiger partial charge in [0.1, 0.15) is 6.54 Å². The van der Waals surface area contributed by atoms with E-state index in [4.69, 9.17) is 0 Å². The van der Waals surface area contributed by atoms with E-state index >= 15 is 0 Å². The molecule has 110 valence electrons. The number of nitrogens with zero attached hydrogens (tertiary/aromatic N) is 3. The second-order valence-electron chi connectivity index (χ2n) is 5.49. The predicted octanol–water partition coefficient (Wildman–Crippen LogP) is 0.171. The Labute approximate surface area is 118 Å². The summed E-state index contributed by atoms with van der Waals surface area (Å²) in [6.45, 7) is 4.39. The predicted molar refractivity (Wildman–Crippen MR) is 74.2 cm³/mol. The first kappa shape index (κ1) is 14.7. The van der Waals surface area contributed by atoms with Gasteiger partial charge in [-0.2, -0.15) is 5.10 Å². The van der Waals surface area contributed by atoms with Crippen molar-refractivity contribution in [2.75, 3.05) is 13.2 Å². The fraction of sp³-hybridized carbons (Fsp3) is 0.643. The number of likely N-dealkylation sites (tertiary alicyclic amines) is 1. The Kier molecular flexibility index (Phi) is 4.54. The van der Waals surface area contributed by atoms with E-state index in [0.717, 1.165) is 12.8 Å². The maximum absolute atomic E-state index is 12.3. The highest BCUT2D eigenvalue weighted by Gasteiger charge is 2.28. The minimum atomic E-state index is -0.271. The first-order valence-corrected chi connectivity index (χ1v) is 6.96. The van der Waals surface area contributed by atoms with Crippen LogP contribution in [0.25, 0.3) is 0 Å². The van der Waals surface area contributed by atoms with E-state index in [1.54, 1.807) is 17.9 Å². The number of aromatic nitrogens is 2. The Hall–Kier alpha value is -1.69. The number of amides is 1. The Bertz CT molecular complexity index is 541. The molecule has 0 aromatic carbocycles. The van der Waals surface area contributed by atoms with Gasteiger partial charge in [-0.25, -0.2) is 4.68 Å². The highest BCUT2D eigenvalue weighted by atomic mass is 16.3. The molecule has 20 heavy (non-hydrogen) atoms. The molecule has 0 bridgehead atoms. The van der Waals surface area contributed by atoms with Crippen molar-refractivity contribution in [2.24, 2.45) is 5.92 Å². The van der Waals surface area contributed by atoms with Crippen LogP contribution in [0.15, 0.2) is 16.9 Å². The monoisotopic (exact) mass is 279 g/mol. The summed E-state index contributed by atoms with van der Waals surface area (Å²) in [5.74, 6) is 0.0215. The Morgan fingerprint density at radius 1 is 1.45 bits per heavy atom. The zero-order valence-electron chi connectivity index (χ0n) is 12.0. The van der Waals surface area contributed by atoms with Gasteiger partial charge in [0, 0.05) is 25.3 Å². The van der Waals surface area contributed by atoms with Crippen molar-refractivity contribution < 1.29 is 9.90 Å². The van der Waals surface area contributed by atoms with Crippen LogP contribution in [-0.4, -0.2) is 44.9 Å². The molecule has 2 heterocycles. The molecule has 1 aliphatic heterocycles. The summed E-state index contributed by atoms with van der Waals surface area (Å²) in [6, 6.07) is 3.20. The molecule has 1 amide bonds. The van der Waals surface area contributed by atoms with E-state index in [2.05, 4.69) is 5.10 Å². The van der Waals surface area contributed by atoms with Gasteiger partial charge in [-0.3, -0.25) is 9.59 Å². The van der Waals surface area contributed by atoms with Gasteiger partial charge in [0.05, 0.1) is 5.69 Å². The van der Waals surface area contributed by atoms with Crippen LogP contribution in [-0.2, 0) is 11.3 Å². The quantitative estimate of drug-likeness (QED) is 0.856. The average molecular weight is 279 g/mol. The molecular weight excluding hydrogens is 258 g/mol. The number of aliphatic hydroxyl groups is 1. The zero-order chi connectivity index (χ0) is 14.7. The molecule has 0 radical (unpaired) electrons. The largest absolute Gasteiger partial charge is 0.396 e. The third-order valence-electron chi connectivity index (χ3n) is 3.84. The fourth-order valence-corrected chi connectivity index (χ4v) is 2.56. The van der Waals surface area contributed by atoms with Crippen molar-refractivity contribution in [1.82, 2.24) is 14.7 Å². The number of piperidine rings is 1. The van der Waals surface area contributed by atoms with E-state index in [-0.39, 0.29) is 36.6 Å². The highest BCUT2D eigenvalue weighted by molar-refractivity contribution is 5.76. The van der Waals surface area contributed by atoms with Gasteiger partial charge in [0.25, 0.3) is 5.56 Å². The van der Waals surface area contributed by atoms with Gasteiger partial charge in [-0.15, -0.1) is 0 Å².